The Bertz CT molecular complexity index is 858. The third-order valence-corrected chi connectivity index (χ3v) is 3.19. The molecule has 0 saturated carbocycles. The first kappa shape index (κ1) is 12.1. The number of benzene rings is 2. The predicted octanol–water partition coefficient (Wildman–Crippen LogP) is 3.41. The van der Waals surface area contributed by atoms with Crippen LogP contribution in [0.1, 0.15) is 21.5 Å². The van der Waals surface area contributed by atoms with Crippen molar-refractivity contribution in [3.8, 4) is 6.07 Å². The fourth-order valence-corrected chi connectivity index (χ4v) is 2.25. The minimum atomic E-state index is -0.568. The van der Waals surface area contributed by atoms with Gasteiger partial charge in [-0.05, 0) is 24.3 Å². The number of carbonyl (C=O) groups excluding carboxylic acids is 1. The van der Waals surface area contributed by atoms with Crippen LogP contribution < -0.4 is 0 Å². The molecule has 0 saturated heterocycles. The van der Waals surface area contributed by atoms with Crippen molar-refractivity contribution in [2.75, 3.05) is 0 Å². The van der Waals surface area contributed by atoms with E-state index in [0.29, 0.717) is 22.0 Å². The minimum absolute atomic E-state index is 0.00106. The number of fused-ring (bicyclic) bond motifs is 1. The van der Waals surface area contributed by atoms with Crippen LogP contribution >= 0.6 is 0 Å². The van der Waals surface area contributed by atoms with E-state index in [1.54, 1.807) is 24.3 Å². The number of nitrogens with one attached hydrogen (secondary N) is 1. The second-order valence-electron chi connectivity index (χ2n) is 4.35. The number of aromatic amines is 1. The van der Waals surface area contributed by atoms with Gasteiger partial charge in [0.15, 0.2) is 5.78 Å². The van der Waals surface area contributed by atoms with E-state index in [0.717, 1.165) is 0 Å². The molecular formula is C16H9FN2O. The summed E-state index contributed by atoms with van der Waals surface area (Å²) in [5.74, 6) is -1.00. The molecule has 2 aromatic carbocycles. The van der Waals surface area contributed by atoms with Gasteiger partial charge in [-0.15, -0.1) is 0 Å². The third kappa shape index (κ3) is 1.77. The first-order chi connectivity index (χ1) is 9.72. The standard InChI is InChI=1S/C16H9FN2O/c17-13-6-2-1-5-11(13)16(20)12-9-19-14-7-3-4-10(8-18)15(12)14/h1-7,9,19H. The highest BCUT2D eigenvalue weighted by Gasteiger charge is 2.19. The fourth-order valence-electron chi connectivity index (χ4n) is 2.25. The van der Waals surface area contributed by atoms with Crippen LogP contribution in [-0.4, -0.2) is 10.8 Å². The molecule has 0 aliphatic heterocycles. The number of hydrogen-bond donors (Lipinski definition) is 1. The molecule has 20 heavy (non-hydrogen) atoms. The summed E-state index contributed by atoms with van der Waals surface area (Å²) in [6.07, 6.45) is 1.51. The molecule has 96 valence electrons. The zero-order chi connectivity index (χ0) is 14.1. The number of ketones is 1. The van der Waals surface area contributed by atoms with Crippen LogP contribution in [0.2, 0.25) is 0 Å². The van der Waals surface area contributed by atoms with Gasteiger partial charge in [-0.25, -0.2) is 4.39 Å². The van der Waals surface area contributed by atoms with Gasteiger partial charge in [-0.1, -0.05) is 18.2 Å². The fraction of sp³-hybridized carbons (Fsp3) is 0. The van der Waals surface area contributed by atoms with Gasteiger partial charge in [-0.3, -0.25) is 4.79 Å². The number of halogens is 1. The van der Waals surface area contributed by atoms with E-state index in [1.807, 2.05) is 0 Å². The summed E-state index contributed by atoms with van der Waals surface area (Å²) in [4.78, 5) is 15.4. The highest BCUT2D eigenvalue weighted by molar-refractivity contribution is 6.17. The summed E-state index contributed by atoms with van der Waals surface area (Å²) >= 11 is 0. The minimum Gasteiger partial charge on any atom is -0.360 e. The largest absolute Gasteiger partial charge is 0.360 e. The predicted molar refractivity (Wildman–Crippen MR) is 72.8 cm³/mol. The van der Waals surface area contributed by atoms with Gasteiger partial charge in [0, 0.05) is 22.7 Å². The number of nitriles is 1. The third-order valence-electron chi connectivity index (χ3n) is 3.19. The van der Waals surface area contributed by atoms with Crippen molar-refractivity contribution in [2.45, 2.75) is 0 Å². The Morgan fingerprint density at radius 2 is 1.90 bits per heavy atom. The van der Waals surface area contributed by atoms with E-state index in [1.165, 1.54) is 24.4 Å². The topological polar surface area (TPSA) is 56.6 Å². The van der Waals surface area contributed by atoms with E-state index in [-0.39, 0.29) is 5.56 Å². The second-order valence-corrected chi connectivity index (χ2v) is 4.35. The van der Waals surface area contributed by atoms with Crippen LogP contribution in [0.15, 0.2) is 48.7 Å². The monoisotopic (exact) mass is 264 g/mol. The van der Waals surface area contributed by atoms with Gasteiger partial charge < -0.3 is 4.98 Å². The van der Waals surface area contributed by atoms with Crippen molar-refractivity contribution >= 4 is 16.7 Å². The Morgan fingerprint density at radius 3 is 2.65 bits per heavy atom. The van der Waals surface area contributed by atoms with Crippen LogP contribution in [0.4, 0.5) is 4.39 Å². The van der Waals surface area contributed by atoms with Crippen LogP contribution in [0.3, 0.4) is 0 Å². The maximum Gasteiger partial charge on any atom is 0.198 e. The SMILES string of the molecule is N#Cc1cccc2[nH]cc(C(=O)c3ccccc3F)c12. The number of carbonyl (C=O) groups is 1. The smallest absolute Gasteiger partial charge is 0.198 e. The van der Waals surface area contributed by atoms with E-state index in [9.17, 15) is 9.18 Å². The van der Waals surface area contributed by atoms with Crippen LogP contribution in [0.25, 0.3) is 10.9 Å². The van der Waals surface area contributed by atoms with Crippen molar-refractivity contribution in [3.05, 3.63) is 71.2 Å². The molecule has 0 aliphatic rings. The van der Waals surface area contributed by atoms with Crippen LogP contribution in [-0.2, 0) is 0 Å². The molecule has 0 unspecified atom stereocenters. The van der Waals surface area contributed by atoms with E-state index in [4.69, 9.17) is 5.26 Å². The average molecular weight is 264 g/mol. The summed E-state index contributed by atoms with van der Waals surface area (Å²) in [5.41, 5.74) is 1.38. The highest BCUT2D eigenvalue weighted by atomic mass is 19.1. The summed E-state index contributed by atoms with van der Waals surface area (Å²) in [6, 6.07) is 13.0. The van der Waals surface area contributed by atoms with E-state index < -0.39 is 11.6 Å². The molecule has 3 aromatic rings. The Hall–Kier alpha value is -2.93. The molecule has 3 nitrogen and oxygen atoms in total. The molecule has 1 aromatic heterocycles. The lowest BCUT2D eigenvalue weighted by Crippen LogP contribution is -2.03. The summed E-state index contributed by atoms with van der Waals surface area (Å²) in [5, 5.41) is 9.67. The normalized spacial score (nSPS) is 10.4. The maximum atomic E-state index is 13.7. The summed E-state index contributed by atoms with van der Waals surface area (Å²) in [7, 11) is 0. The first-order valence-corrected chi connectivity index (χ1v) is 6.02. The molecule has 4 heteroatoms. The molecule has 0 spiro atoms. The molecule has 0 amide bonds. The van der Waals surface area contributed by atoms with Crippen molar-refractivity contribution < 1.29 is 9.18 Å². The van der Waals surface area contributed by atoms with Gasteiger partial charge in [0.2, 0.25) is 0 Å². The van der Waals surface area contributed by atoms with Gasteiger partial charge in [-0.2, -0.15) is 5.26 Å². The zero-order valence-corrected chi connectivity index (χ0v) is 10.4. The summed E-state index contributed by atoms with van der Waals surface area (Å²) < 4.78 is 13.7. The number of aromatic nitrogens is 1. The van der Waals surface area contributed by atoms with Crippen molar-refractivity contribution in [2.24, 2.45) is 0 Å². The molecular weight excluding hydrogens is 255 g/mol. The zero-order valence-electron chi connectivity index (χ0n) is 10.4. The molecule has 0 aliphatic carbocycles. The molecule has 0 fully saturated rings. The van der Waals surface area contributed by atoms with E-state index >= 15 is 0 Å². The maximum absolute atomic E-state index is 13.7. The molecule has 0 bridgehead atoms. The Kier molecular flexibility index (Phi) is 2.81. The van der Waals surface area contributed by atoms with E-state index in [2.05, 4.69) is 11.1 Å². The Balaban J connectivity index is 2.24. The van der Waals surface area contributed by atoms with Gasteiger partial charge >= 0.3 is 0 Å². The lowest BCUT2D eigenvalue weighted by atomic mass is 9.99. The molecule has 1 heterocycles. The number of H-pyrrole nitrogens is 1. The first-order valence-electron chi connectivity index (χ1n) is 6.02. The van der Waals surface area contributed by atoms with Gasteiger partial charge in [0.1, 0.15) is 5.82 Å². The second kappa shape index (κ2) is 4.63. The Labute approximate surface area is 114 Å². The van der Waals surface area contributed by atoms with Crippen LogP contribution in [0, 0.1) is 17.1 Å². The van der Waals surface area contributed by atoms with Crippen LogP contribution in [0.5, 0.6) is 0 Å². The summed E-state index contributed by atoms with van der Waals surface area (Å²) in [6.45, 7) is 0. The van der Waals surface area contributed by atoms with Gasteiger partial charge in [0.25, 0.3) is 0 Å². The average Bonchev–Trinajstić information content (AvgIpc) is 2.91. The Morgan fingerprint density at radius 1 is 1.10 bits per heavy atom. The number of hydrogen-bond acceptors (Lipinski definition) is 2. The molecule has 3 rings (SSSR count). The molecule has 0 atom stereocenters. The molecule has 0 radical (unpaired) electrons. The number of nitrogens with zero attached hydrogens (tertiary/aromatic N) is 1. The quantitative estimate of drug-likeness (QED) is 0.721. The highest BCUT2D eigenvalue weighted by Crippen LogP contribution is 2.25. The van der Waals surface area contributed by atoms with Crippen molar-refractivity contribution in [3.63, 3.8) is 0 Å². The van der Waals surface area contributed by atoms with Crippen molar-refractivity contribution in [1.29, 1.82) is 5.26 Å². The lowest BCUT2D eigenvalue weighted by molar-refractivity contribution is 0.103. The van der Waals surface area contributed by atoms with Crippen molar-refractivity contribution in [1.82, 2.24) is 4.98 Å². The number of rotatable bonds is 2. The lowest BCUT2D eigenvalue weighted by Gasteiger charge is -2.02. The molecule has 1 N–H and O–H groups in total. The van der Waals surface area contributed by atoms with Gasteiger partial charge in [0.05, 0.1) is 17.2 Å².